The smallest absolute Gasteiger partial charge is 0.269 e. The van der Waals surface area contributed by atoms with E-state index in [4.69, 9.17) is 4.43 Å². The van der Waals surface area contributed by atoms with E-state index in [9.17, 15) is 18.5 Å². The van der Waals surface area contributed by atoms with Crippen LogP contribution in [0.25, 0.3) is 0 Å². The lowest BCUT2D eigenvalue weighted by molar-refractivity contribution is -0.384. The molecule has 0 aromatic heterocycles. The fourth-order valence-corrected chi connectivity index (χ4v) is 4.34. The maximum Gasteiger partial charge on any atom is 0.269 e. The van der Waals surface area contributed by atoms with E-state index in [1.54, 1.807) is 0 Å². The number of hydrogen-bond acceptors (Lipinski definition) is 5. The first-order valence-corrected chi connectivity index (χ1v) is 12.1. The van der Waals surface area contributed by atoms with Gasteiger partial charge in [0, 0.05) is 18.7 Å². The van der Waals surface area contributed by atoms with Crippen molar-refractivity contribution in [1.29, 1.82) is 0 Å². The summed E-state index contributed by atoms with van der Waals surface area (Å²) < 4.78 is 33.1. The Balaban J connectivity index is 2.73. The molecule has 0 bridgehead atoms. The quantitative estimate of drug-likeness (QED) is 0.448. The Bertz CT molecular complexity index is 681. The highest BCUT2D eigenvalue weighted by molar-refractivity contribution is 7.89. The lowest BCUT2D eigenvalue weighted by Crippen LogP contribution is -2.46. The normalized spacial score (nSPS) is 14.4. The zero-order valence-electron chi connectivity index (χ0n) is 15.0. The van der Waals surface area contributed by atoms with Gasteiger partial charge in [-0.05, 0) is 37.2 Å². The SMILES string of the molecule is C[C@H](CNS(=O)(=O)c1ccc([N+](=O)[O-])cc1)O[Si](C)(C)C(C)(C)C. The number of nitrogens with one attached hydrogen (secondary N) is 1. The van der Waals surface area contributed by atoms with Gasteiger partial charge in [-0.3, -0.25) is 10.1 Å². The van der Waals surface area contributed by atoms with Crippen LogP contribution in [0.1, 0.15) is 27.7 Å². The van der Waals surface area contributed by atoms with E-state index in [0.29, 0.717) is 0 Å². The van der Waals surface area contributed by atoms with E-state index in [-0.39, 0.29) is 28.3 Å². The zero-order chi connectivity index (χ0) is 18.8. The van der Waals surface area contributed by atoms with Gasteiger partial charge in [0.25, 0.3) is 5.69 Å². The minimum Gasteiger partial charge on any atom is -0.413 e. The van der Waals surface area contributed by atoms with Gasteiger partial charge in [-0.15, -0.1) is 0 Å². The van der Waals surface area contributed by atoms with E-state index in [1.165, 1.54) is 24.3 Å². The molecule has 1 atom stereocenters. The molecule has 7 nitrogen and oxygen atoms in total. The van der Waals surface area contributed by atoms with E-state index >= 15 is 0 Å². The van der Waals surface area contributed by atoms with Gasteiger partial charge in [0.15, 0.2) is 8.32 Å². The summed E-state index contributed by atoms with van der Waals surface area (Å²) in [4.78, 5) is 10.0. The number of sulfonamides is 1. The fourth-order valence-electron chi connectivity index (χ4n) is 1.78. The van der Waals surface area contributed by atoms with Crippen LogP contribution < -0.4 is 4.72 Å². The van der Waals surface area contributed by atoms with Gasteiger partial charge >= 0.3 is 0 Å². The molecule has 0 radical (unpaired) electrons. The molecule has 0 aliphatic rings. The largest absolute Gasteiger partial charge is 0.413 e. The van der Waals surface area contributed by atoms with Crippen LogP contribution in [-0.4, -0.2) is 34.3 Å². The Morgan fingerprint density at radius 1 is 1.25 bits per heavy atom. The number of benzene rings is 1. The third kappa shape index (κ3) is 5.37. The van der Waals surface area contributed by atoms with Gasteiger partial charge in [0.1, 0.15) is 0 Å². The van der Waals surface area contributed by atoms with Crippen LogP contribution in [0.4, 0.5) is 5.69 Å². The van der Waals surface area contributed by atoms with Crippen molar-refractivity contribution in [2.45, 2.75) is 56.8 Å². The van der Waals surface area contributed by atoms with Crippen molar-refractivity contribution in [3.05, 3.63) is 34.4 Å². The molecule has 0 heterocycles. The van der Waals surface area contributed by atoms with Crippen LogP contribution in [0.2, 0.25) is 18.1 Å². The minimum atomic E-state index is -3.73. The second-order valence-corrected chi connectivity index (χ2v) is 13.8. The van der Waals surface area contributed by atoms with Crippen LogP contribution in [0.15, 0.2) is 29.2 Å². The van der Waals surface area contributed by atoms with Crippen molar-refractivity contribution in [1.82, 2.24) is 4.72 Å². The van der Waals surface area contributed by atoms with Crippen LogP contribution >= 0.6 is 0 Å². The average Bonchev–Trinajstić information content (AvgIpc) is 2.43. The van der Waals surface area contributed by atoms with Gasteiger partial charge in [0.05, 0.1) is 15.9 Å². The number of hydrogen-bond donors (Lipinski definition) is 1. The topological polar surface area (TPSA) is 98.5 Å². The molecule has 0 amide bonds. The molecule has 0 fully saturated rings. The summed E-state index contributed by atoms with van der Waals surface area (Å²) in [7, 11) is -5.70. The highest BCUT2D eigenvalue weighted by Gasteiger charge is 2.38. The summed E-state index contributed by atoms with van der Waals surface area (Å²) in [5, 5.41) is 10.7. The summed E-state index contributed by atoms with van der Waals surface area (Å²) in [5.74, 6) is 0. The number of rotatable bonds is 7. The van der Waals surface area contributed by atoms with E-state index in [2.05, 4.69) is 38.6 Å². The lowest BCUT2D eigenvalue weighted by atomic mass is 10.2. The molecule has 0 unspecified atom stereocenters. The number of nitrogens with zero attached hydrogens (tertiary/aromatic N) is 1. The van der Waals surface area contributed by atoms with Crippen LogP contribution in [0.5, 0.6) is 0 Å². The van der Waals surface area contributed by atoms with Crippen LogP contribution in [0, 0.1) is 10.1 Å². The molecule has 1 N–H and O–H groups in total. The predicted octanol–water partition coefficient (Wildman–Crippen LogP) is 3.28. The highest BCUT2D eigenvalue weighted by atomic mass is 32.2. The average molecular weight is 375 g/mol. The zero-order valence-corrected chi connectivity index (χ0v) is 16.8. The molecule has 0 saturated heterocycles. The molecular formula is C15H26N2O5SSi. The summed E-state index contributed by atoms with van der Waals surface area (Å²) in [6.45, 7) is 12.5. The van der Waals surface area contributed by atoms with Crippen molar-refractivity contribution in [2.24, 2.45) is 0 Å². The van der Waals surface area contributed by atoms with Gasteiger partial charge in [-0.1, -0.05) is 20.8 Å². The minimum absolute atomic E-state index is 0.00683. The third-order valence-corrected chi connectivity index (χ3v) is 10.3. The Morgan fingerprint density at radius 3 is 2.17 bits per heavy atom. The van der Waals surface area contributed by atoms with Crippen molar-refractivity contribution in [3.8, 4) is 0 Å². The Kier molecular flexibility index (Phi) is 6.31. The number of non-ortho nitro benzene ring substituents is 1. The summed E-state index contributed by atoms with van der Waals surface area (Å²) in [6, 6.07) is 4.79. The number of nitro benzene ring substituents is 1. The molecule has 1 aromatic rings. The molecule has 0 aliphatic carbocycles. The van der Waals surface area contributed by atoms with Crippen LogP contribution in [-0.2, 0) is 14.4 Å². The monoisotopic (exact) mass is 374 g/mol. The highest BCUT2D eigenvalue weighted by Crippen LogP contribution is 2.37. The number of nitro groups is 1. The molecule has 1 aromatic carbocycles. The molecule has 0 spiro atoms. The maximum atomic E-state index is 12.3. The fraction of sp³-hybridized carbons (Fsp3) is 0.600. The molecular weight excluding hydrogens is 348 g/mol. The summed E-state index contributed by atoms with van der Waals surface area (Å²) in [6.07, 6.45) is -0.265. The lowest BCUT2D eigenvalue weighted by Gasteiger charge is -2.38. The molecule has 0 saturated carbocycles. The van der Waals surface area contributed by atoms with Crippen LogP contribution in [0.3, 0.4) is 0 Å². The van der Waals surface area contributed by atoms with E-state index in [1.807, 2.05) is 6.92 Å². The van der Waals surface area contributed by atoms with E-state index in [0.717, 1.165) is 0 Å². The predicted molar refractivity (Wildman–Crippen MR) is 96.0 cm³/mol. The Hall–Kier alpha value is -1.29. The molecule has 1 rings (SSSR count). The third-order valence-electron chi connectivity index (χ3n) is 4.22. The van der Waals surface area contributed by atoms with Crippen molar-refractivity contribution < 1.29 is 17.8 Å². The first-order valence-electron chi connectivity index (χ1n) is 7.68. The van der Waals surface area contributed by atoms with Crippen molar-refractivity contribution >= 4 is 24.0 Å². The summed E-state index contributed by atoms with van der Waals surface area (Å²) in [5.41, 5.74) is -0.149. The first kappa shape index (κ1) is 20.8. The van der Waals surface area contributed by atoms with E-state index < -0.39 is 23.3 Å². The van der Waals surface area contributed by atoms with Gasteiger partial charge < -0.3 is 4.43 Å². The van der Waals surface area contributed by atoms with Gasteiger partial charge in [-0.25, -0.2) is 13.1 Å². The molecule has 0 aliphatic heterocycles. The molecule has 136 valence electrons. The van der Waals surface area contributed by atoms with Gasteiger partial charge in [0.2, 0.25) is 10.0 Å². The first-order chi connectivity index (χ1) is 10.8. The Morgan fingerprint density at radius 2 is 1.75 bits per heavy atom. The Labute approximate surface area is 144 Å². The molecule has 24 heavy (non-hydrogen) atoms. The van der Waals surface area contributed by atoms with Gasteiger partial charge in [-0.2, -0.15) is 0 Å². The molecule has 9 heteroatoms. The maximum absolute atomic E-state index is 12.3. The second kappa shape index (κ2) is 7.30. The standard InChI is InChI=1S/C15H26N2O5SSi/c1-12(22-24(5,6)15(2,3)4)11-16-23(20,21)14-9-7-13(8-10-14)17(18)19/h7-10,12,16H,11H2,1-6H3/t12-/m1/s1. The summed E-state index contributed by atoms with van der Waals surface area (Å²) >= 11 is 0. The van der Waals surface area contributed by atoms with Crippen molar-refractivity contribution in [2.75, 3.05) is 6.54 Å². The van der Waals surface area contributed by atoms with Crippen molar-refractivity contribution in [3.63, 3.8) is 0 Å². The second-order valence-electron chi connectivity index (χ2n) is 7.29.